The molecule has 0 N–H and O–H groups in total. The Morgan fingerprint density at radius 1 is 1.42 bits per heavy atom. The highest BCUT2D eigenvalue weighted by Crippen LogP contribution is 2.30. The molecule has 0 fully saturated rings. The SMILES string of the molecule is COC(=O)c1oc(-c2cnn(C)c2)nc1C(C)(C)C. The van der Waals surface area contributed by atoms with Gasteiger partial charge < -0.3 is 9.15 Å². The minimum absolute atomic E-state index is 0.147. The van der Waals surface area contributed by atoms with Crippen molar-refractivity contribution >= 4 is 5.97 Å². The van der Waals surface area contributed by atoms with E-state index in [-0.39, 0.29) is 11.2 Å². The number of esters is 1. The molecule has 0 saturated carbocycles. The minimum Gasteiger partial charge on any atom is -0.463 e. The molecule has 0 aliphatic rings. The van der Waals surface area contributed by atoms with Crippen LogP contribution in [0.2, 0.25) is 0 Å². The van der Waals surface area contributed by atoms with Gasteiger partial charge in [-0.05, 0) is 0 Å². The number of nitrogens with zero attached hydrogens (tertiary/aromatic N) is 3. The third kappa shape index (κ3) is 2.52. The fraction of sp³-hybridized carbons (Fsp3) is 0.462. The molecule has 0 unspecified atom stereocenters. The van der Waals surface area contributed by atoms with Gasteiger partial charge in [0.1, 0.15) is 5.69 Å². The highest BCUT2D eigenvalue weighted by Gasteiger charge is 2.30. The minimum atomic E-state index is -0.521. The highest BCUT2D eigenvalue weighted by molar-refractivity contribution is 5.88. The summed E-state index contributed by atoms with van der Waals surface area (Å²) in [6.07, 6.45) is 3.42. The number of ether oxygens (including phenoxy) is 1. The molecule has 0 aromatic carbocycles. The normalized spacial score (nSPS) is 11.6. The fourth-order valence-electron chi connectivity index (χ4n) is 1.71. The van der Waals surface area contributed by atoms with Gasteiger partial charge in [-0.2, -0.15) is 5.10 Å². The molecule has 0 bridgehead atoms. The molecule has 0 atom stereocenters. The lowest BCUT2D eigenvalue weighted by Crippen LogP contribution is -2.17. The van der Waals surface area contributed by atoms with E-state index in [1.165, 1.54) is 7.11 Å². The van der Waals surface area contributed by atoms with Gasteiger partial charge in [0.15, 0.2) is 0 Å². The van der Waals surface area contributed by atoms with Gasteiger partial charge in [-0.15, -0.1) is 0 Å². The van der Waals surface area contributed by atoms with E-state index in [2.05, 4.69) is 10.1 Å². The molecular weight excluding hydrogens is 246 g/mol. The second-order valence-corrected chi connectivity index (χ2v) is 5.34. The second kappa shape index (κ2) is 4.53. The average Bonchev–Trinajstić information content (AvgIpc) is 2.92. The first-order chi connectivity index (χ1) is 8.82. The van der Waals surface area contributed by atoms with Crippen molar-refractivity contribution in [2.45, 2.75) is 26.2 Å². The van der Waals surface area contributed by atoms with Crippen LogP contribution in [-0.4, -0.2) is 27.8 Å². The summed E-state index contributed by atoms with van der Waals surface area (Å²) >= 11 is 0. The Bertz CT molecular complexity index is 605. The number of carbonyl (C=O) groups excluding carboxylic acids is 1. The smallest absolute Gasteiger partial charge is 0.376 e. The van der Waals surface area contributed by atoms with Crippen LogP contribution in [0.15, 0.2) is 16.8 Å². The first kappa shape index (κ1) is 13.3. The van der Waals surface area contributed by atoms with Crippen molar-refractivity contribution in [2.24, 2.45) is 7.05 Å². The van der Waals surface area contributed by atoms with Crippen LogP contribution in [0.5, 0.6) is 0 Å². The quantitative estimate of drug-likeness (QED) is 0.776. The monoisotopic (exact) mass is 263 g/mol. The molecule has 19 heavy (non-hydrogen) atoms. The first-order valence-electron chi connectivity index (χ1n) is 5.91. The van der Waals surface area contributed by atoms with Gasteiger partial charge in [0.2, 0.25) is 11.7 Å². The zero-order valence-electron chi connectivity index (χ0n) is 11.7. The van der Waals surface area contributed by atoms with Crippen LogP contribution >= 0.6 is 0 Å². The van der Waals surface area contributed by atoms with Crippen molar-refractivity contribution in [2.75, 3.05) is 7.11 Å². The van der Waals surface area contributed by atoms with E-state index in [1.807, 2.05) is 20.8 Å². The van der Waals surface area contributed by atoms with E-state index in [0.29, 0.717) is 11.6 Å². The molecule has 0 aliphatic heterocycles. The molecule has 2 aromatic rings. The van der Waals surface area contributed by atoms with Crippen LogP contribution in [0.3, 0.4) is 0 Å². The Morgan fingerprint density at radius 3 is 2.58 bits per heavy atom. The molecule has 0 amide bonds. The lowest BCUT2D eigenvalue weighted by atomic mass is 9.91. The van der Waals surface area contributed by atoms with Crippen LogP contribution < -0.4 is 0 Å². The maximum absolute atomic E-state index is 11.8. The van der Waals surface area contributed by atoms with Gasteiger partial charge >= 0.3 is 5.97 Å². The molecule has 2 rings (SSSR count). The summed E-state index contributed by atoms with van der Waals surface area (Å²) in [6, 6.07) is 0. The summed E-state index contributed by atoms with van der Waals surface area (Å²) in [5, 5.41) is 4.06. The molecule has 6 nitrogen and oxygen atoms in total. The van der Waals surface area contributed by atoms with Gasteiger partial charge in [-0.3, -0.25) is 4.68 Å². The van der Waals surface area contributed by atoms with Crippen LogP contribution in [0.25, 0.3) is 11.5 Å². The van der Waals surface area contributed by atoms with Crippen molar-refractivity contribution in [3.8, 4) is 11.5 Å². The number of aryl methyl sites for hydroxylation is 1. The van der Waals surface area contributed by atoms with E-state index in [1.54, 1.807) is 24.1 Å². The van der Waals surface area contributed by atoms with Crippen LogP contribution in [0.1, 0.15) is 37.0 Å². The Balaban J connectivity index is 2.54. The number of carbonyl (C=O) groups is 1. The van der Waals surface area contributed by atoms with E-state index >= 15 is 0 Å². The highest BCUT2D eigenvalue weighted by atomic mass is 16.5. The fourth-order valence-corrected chi connectivity index (χ4v) is 1.71. The van der Waals surface area contributed by atoms with E-state index in [9.17, 15) is 4.79 Å². The second-order valence-electron chi connectivity index (χ2n) is 5.34. The number of hydrogen-bond donors (Lipinski definition) is 0. The molecular formula is C13H17N3O3. The zero-order chi connectivity index (χ0) is 14.2. The molecule has 0 aliphatic carbocycles. The molecule has 2 heterocycles. The molecule has 6 heteroatoms. The molecule has 0 saturated heterocycles. The molecule has 102 valence electrons. The van der Waals surface area contributed by atoms with Crippen molar-refractivity contribution in [1.82, 2.24) is 14.8 Å². The number of rotatable bonds is 2. The standard InChI is InChI=1S/C13H17N3O3/c1-13(2,3)10-9(12(17)18-5)19-11(15-10)8-6-14-16(4)7-8/h6-7H,1-5H3. The Hall–Kier alpha value is -2.11. The topological polar surface area (TPSA) is 70.2 Å². The third-order valence-corrected chi connectivity index (χ3v) is 2.66. The molecule has 0 radical (unpaired) electrons. The number of hydrogen-bond acceptors (Lipinski definition) is 5. The van der Waals surface area contributed by atoms with Crippen molar-refractivity contribution in [3.05, 3.63) is 23.8 Å². The summed E-state index contributed by atoms with van der Waals surface area (Å²) in [6.45, 7) is 5.89. The van der Waals surface area contributed by atoms with Gasteiger partial charge in [0.05, 0.1) is 18.9 Å². The van der Waals surface area contributed by atoms with Crippen molar-refractivity contribution < 1.29 is 13.9 Å². The average molecular weight is 263 g/mol. The Kier molecular flexibility index (Phi) is 3.18. The molecule has 0 spiro atoms. The van der Waals surface area contributed by atoms with Crippen LogP contribution in [0.4, 0.5) is 0 Å². The van der Waals surface area contributed by atoms with Crippen LogP contribution in [0, 0.1) is 0 Å². The summed E-state index contributed by atoms with van der Waals surface area (Å²) in [4.78, 5) is 16.2. The number of oxazole rings is 1. The van der Waals surface area contributed by atoms with Crippen molar-refractivity contribution in [1.29, 1.82) is 0 Å². The number of methoxy groups -OCH3 is 1. The Morgan fingerprint density at radius 2 is 2.11 bits per heavy atom. The summed E-state index contributed by atoms with van der Waals surface area (Å²) in [5.41, 5.74) is 0.995. The Labute approximate surface area is 111 Å². The number of aromatic nitrogens is 3. The van der Waals surface area contributed by atoms with E-state index in [4.69, 9.17) is 9.15 Å². The van der Waals surface area contributed by atoms with E-state index < -0.39 is 5.97 Å². The predicted molar refractivity (Wildman–Crippen MR) is 68.7 cm³/mol. The first-order valence-corrected chi connectivity index (χ1v) is 5.91. The van der Waals surface area contributed by atoms with Crippen LogP contribution in [-0.2, 0) is 17.2 Å². The third-order valence-electron chi connectivity index (χ3n) is 2.66. The van der Waals surface area contributed by atoms with Gasteiger partial charge in [0.25, 0.3) is 0 Å². The zero-order valence-corrected chi connectivity index (χ0v) is 11.7. The van der Waals surface area contributed by atoms with Gasteiger partial charge in [-0.25, -0.2) is 9.78 Å². The lowest BCUT2D eigenvalue weighted by molar-refractivity contribution is 0.0562. The summed E-state index contributed by atoms with van der Waals surface area (Å²) < 4.78 is 11.9. The van der Waals surface area contributed by atoms with Gasteiger partial charge in [-0.1, -0.05) is 20.8 Å². The predicted octanol–water partition coefficient (Wildman–Crippen LogP) is 2.16. The maximum Gasteiger partial charge on any atom is 0.376 e. The summed E-state index contributed by atoms with van der Waals surface area (Å²) in [7, 11) is 3.12. The largest absolute Gasteiger partial charge is 0.463 e. The molecule has 2 aromatic heterocycles. The van der Waals surface area contributed by atoms with E-state index in [0.717, 1.165) is 5.56 Å². The van der Waals surface area contributed by atoms with Gasteiger partial charge in [0, 0.05) is 18.7 Å². The lowest BCUT2D eigenvalue weighted by Gasteiger charge is -2.15. The van der Waals surface area contributed by atoms with Crippen molar-refractivity contribution in [3.63, 3.8) is 0 Å². The summed E-state index contributed by atoms with van der Waals surface area (Å²) in [5.74, 6) is -0.000145. The maximum atomic E-state index is 11.8.